The first kappa shape index (κ1) is 15.0. The van der Waals surface area contributed by atoms with E-state index in [4.69, 9.17) is 10.5 Å². The summed E-state index contributed by atoms with van der Waals surface area (Å²) in [5, 5.41) is 0. The molecule has 0 aromatic heterocycles. The summed E-state index contributed by atoms with van der Waals surface area (Å²) in [6, 6.07) is 4.73. The molecule has 1 aromatic carbocycles. The smallest absolute Gasteiger partial charge is 0.125 e. The Morgan fingerprint density at radius 3 is 2.61 bits per heavy atom. The van der Waals surface area contributed by atoms with Crippen LogP contribution in [0.2, 0.25) is 0 Å². The summed E-state index contributed by atoms with van der Waals surface area (Å²) >= 11 is 0. The third-order valence-electron chi connectivity index (χ3n) is 3.05. The largest absolute Gasteiger partial charge is 0.493 e. The van der Waals surface area contributed by atoms with Gasteiger partial charge in [-0.15, -0.1) is 0 Å². The maximum absolute atomic E-state index is 5.90. The summed E-state index contributed by atoms with van der Waals surface area (Å²) in [6.07, 6.45) is 4.30. The molecule has 0 spiro atoms. The lowest BCUT2D eigenvalue weighted by atomic mass is 10.00. The van der Waals surface area contributed by atoms with E-state index in [0.29, 0.717) is 0 Å². The topological polar surface area (TPSA) is 35.2 Å². The second-order valence-electron chi connectivity index (χ2n) is 5.29. The van der Waals surface area contributed by atoms with Gasteiger partial charge >= 0.3 is 0 Å². The summed E-state index contributed by atoms with van der Waals surface area (Å²) < 4.78 is 5.90. The Bertz CT molecular complexity index is 372. The molecule has 1 atom stereocenters. The average molecular weight is 249 g/mol. The van der Waals surface area contributed by atoms with Gasteiger partial charge in [0.15, 0.2) is 0 Å². The molecule has 0 bridgehead atoms. The van der Waals surface area contributed by atoms with E-state index >= 15 is 0 Å². The lowest BCUT2D eigenvalue weighted by Gasteiger charge is -2.15. The van der Waals surface area contributed by atoms with Crippen LogP contribution in [0.1, 0.15) is 49.8 Å². The molecule has 0 aliphatic rings. The van der Waals surface area contributed by atoms with Crippen molar-refractivity contribution in [2.75, 3.05) is 6.61 Å². The van der Waals surface area contributed by atoms with E-state index in [1.165, 1.54) is 16.7 Å². The molecule has 0 saturated heterocycles. The summed E-state index contributed by atoms with van der Waals surface area (Å²) in [5.41, 5.74) is 9.70. The number of hydrogen-bond acceptors (Lipinski definition) is 2. The summed E-state index contributed by atoms with van der Waals surface area (Å²) in [5.74, 6) is 1.09. The molecule has 2 nitrogen and oxygen atoms in total. The van der Waals surface area contributed by atoms with E-state index in [-0.39, 0.29) is 6.04 Å². The molecule has 1 unspecified atom stereocenters. The standard InChI is InChI=1S/C16H27NO/c1-5-9-18-16-13(3)10-12(2)11-15(16)8-6-7-14(4)17/h10-11,14H,5-9,17H2,1-4H3. The predicted molar refractivity (Wildman–Crippen MR) is 78.3 cm³/mol. The Hall–Kier alpha value is -1.02. The Labute approximate surface area is 112 Å². The first-order valence-corrected chi connectivity index (χ1v) is 7.03. The Kier molecular flexibility index (Phi) is 6.20. The molecule has 0 aliphatic heterocycles. The molecule has 0 aliphatic carbocycles. The fraction of sp³-hybridized carbons (Fsp3) is 0.625. The second-order valence-corrected chi connectivity index (χ2v) is 5.29. The maximum atomic E-state index is 5.90. The molecular formula is C16H27NO. The molecule has 2 N–H and O–H groups in total. The summed E-state index contributed by atoms with van der Waals surface area (Å²) in [4.78, 5) is 0. The van der Waals surface area contributed by atoms with Gasteiger partial charge in [0.2, 0.25) is 0 Å². The van der Waals surface area contributed by atoms with Crippen LogP contribution in [0.4, 0.5) is 0 Å². The predicted octanol–water partition coefficient (Wildman–Crippen LogP) is 3.76. The molecule has 0 saturated carbocycles. The molecule has 1 aromatic rings. The highest BCUT2D eigenvalue weighted by atomic mass is 16.5. The first-order chi connectivity index (χ1) is 8.54. The number of benzene rings is 1. The van der Waals surface area contributed by atoms with E-state index in [2.05, 4.69) is 39.8 Å². The molecule has 0 fully saturated rings. The van der Waals surface area contributed by atoms with Crippen molar-refractivity contribution in [2.24, 2.45) is 5.73 Å². The van der Waals surface area contributed by atoms with Gasteiger partial charge in [-0.05, 0) is 57.6 Å². The van der Waals surface area contributed by atoms with Crippen molar-refractivity contribution in [3.8, 4) is 5.75 Å². The van der Waals surface area contributed by atoms with E-state index in [1.54, 1.807) is 0 Å². The molecular weight excluding hydrogens is 222 g/mol. The van der Waals surface area contributed by atoms with Gasteiger partial charge in [0.25, 0.3) is 0 Å². The van der Waals surface area contributed by atoms with Crippen LogP contribution in [0, 0.1) is 13.8 Å². The van der Waals surface area contributed by atoms with Crippen molar-refractivity contribution < 1.29 is 4.74 Å². The minimum absolute atomic E-state index is 0.288. The first-order valence-electron chi connectivity index (χ1n) is 7.03. The molecule has 0 heterocycles. The van der Waals surface area contributed by atoms with E-state index in [9.17, 15) is 0 Å². The monoisotopic (exact) mass is 249 g/mol. The zero-order valence-electron chi connectivity index (χ0n) is 12.3. The Morgan fingerprint density at radius 2 is 2.00 bits per heavy atom. The highest BCUT2D eigenvalue weighted by Crippen LogP contribution is 2.27. The number of nitrogens with two attached hydrogens (primary N) is 1. The van der Waals surface area contributed by atoms with Gasteiger partial charge in [-0.3, -0.25) is 0 Å². The normalized spacial score (nSPS) is 12.5. The molecule has 102 valence electrons. The minimum atomic E-state index is 0.288. The van der Waals surface area contributed by atoms with Gasteiger partial charge in [0, 0.05) is 6.04 Å². The molecule has 18 heavy (non-hydrogen) atoms. The molecule has 2 heteroatoms. The lowest BCUT2D eigenvalue weighted by molar-refractivity contribution is 0.311. The van der Waals surface area contributed by atoms with Crippen molar-refractivity contribution in [1.82, 2.24) is 0 Å². The molecule has 0 radical (unpaired) electrons. The van der Waals surface area contributed by atoms with Crippen LogP contribution in [-0.4, -0.2) is 12.6 Å². The highest BCUT2D eigenvalue weighted by molar-refractivity contribution is 5.43. The maximum Gasteiger partial charge on any atom is 0.125 e. The number of ether oxygens (including phenoxy) is 1. The fourth-order valence-corrected chi connectivity index (χ4v) is 2.25. The van der Waals surface area contributed by atoms with Gasteiger partial charge in [-0.25, -0.2) is 0 Å². The summed E-state index contributed by atoms with van der Waals surface area (Å²) in [7, 11) is 0. The van der Waals surface area contributed by atoms with Crippen molar-refractivity contribution in [1.29, 1.82) is 0 Å². The van der Waals surface area contributed by atoms with Crippen LogP contribution < -0.4 is 10.5 Å². The second kappa shape index (κ2) is 7.42. The number of hydrogen-bond donors (Lipinski definition) is 1. The number of aryl methyl sites for hydroxylation is 3. The van der Waals surface area contributed by atoms with Gasteiger partial charge < -0.3 is 10.5 Å². The van der Waals surface area contributed by atoms with Crippen molar-refractivity contribution >= 4 is 0 Å². The third kappa shape index (κ3) is 4.69. The van der Waals surface area contributed by atoms with E-state index < -0.39 is 0 Å². The highest BCUT2D eigenvalue weighted by Gasteiger charge is 2.08. The van der Waals surface area contributed by atoms with Gasteiger partial charge in [0.1, 0.15) is 5.75 Å². The van der Waals surface area contributed by atoms with Crippen LogP contribution in [0.5, 0.6) is 5.75 Å². The van der Waals surface area contributed by atoms with Crippen LogP contribution in [-0.2, 0) is 6.42 Å². The Balaban J connectivity index is 2.78. The van der Waals surface area contributed by atoms with Crippen LogP contribution >= 0.6 is 0 Å². The van der Waals surface area contributed by atoms with Gasteiger partial charge in [-0.2, -0.15) is 0 Å². The molecule has 1 rings (SSSR count). The zero-order valence-corrected chi connectivity index (χ0v) is 12.3. The average Bonchev–Trinajstić information content (AvgIpc) is 2.27. The minimum Gasteiger partial charge on any atom is -0.493 e. The molecule has 0 amide bonds. The van der Waals surface area contributed by atoms with Gasteiger partial charge in [0.05, 0.1) is 6.61 Å². The summed E-state index contributed by atoms with van der Waals surface area (Å²) in [6.45, 7) is 9.28. The zero-order chi connectivity index (χ0) is 13.5. The Morgan fingerprint density at radius 1 is 1.28 bits per heavy atom. The van der Waals surface area contributed by atoms with Crippen molar-refractivity contribution in [3.63, 3.8) is 0 Å². The lowest BCUT2D eigenvalue weighted by Crippen LogP contribution is -2.14. The van der Waals surface area contributed by atoms with Gasteiger partial charge in [-0.1, -0.05) is 24.6 Å². The SMILES string of the molecule is CCCOc1c(C)cc(C)cc1CCCC(C)N. The fourth-order valence-electron chi connectivity index (χ4n) is 2.25. The van der Waals surface area contributed by atoms with Crippen molar-refractivity contribution in [3.05, 3.63) is 28.8 Å². The van der Waals surface area contributed by atoms with E-state index in [0.717, 1.165) is 38.0 Å². The van der Waals surface area contributed by atoms with Crippen LogP contribution in [0.3, 0.4) is 0 Å². The van der Waals surface area contributed by atoms with Crippen LogP contribution in [0.25, 0.3) is 0 Å². The third-order valence-corrected chi connectivity index (χ3v) is 3.05. The van der Waals surface area contributed by atoms with E-state index in [1.807, 2.05) is 0 Å². The van der Waals surface area contributed by atoms with Crippen molar-refractivity contribution in [2.45, 2.75) is 59.4 Å². The quantitative estimate of drug-likeness (QED) is 0.798. The number of rotatable bonds is 7. The van der Waals surface area contributed by atoms with Crippen LogP contribution in [0.15, 0.2) is 12.1 Å².